The Labute approximate surface area is 213 Å². The second kappa shape index (κ2) is 11.0. The van der Waals surface area contributed by atoms with Gasteiger partial charge in [-0.15, -0.1) is 0 Å². The quantitative estimate of drug-likeness (QED) is 0.361. The first-order valence-corrected chi connectivity index (χ1v) is 11.4. The molecule has 0 aliphatic carbocycles. The van der Waals surface area contributed by atoms with Gasteiger partial charge in [0, 0.05) is 11.2 Å². The van der Waals surface area contributed by atoms with Crippen molar-refractivity contribution in [2.45, 2.75) is 25.9 Å². The first-order valence-electron chi connectivity index (χ1n) is 11.1. The normalized spacial score (nSPS) is 12.4. The second-order valence-electron chi connectivity index (χ2n) is 8.06. The van der Waals surface area contributed by atoms with Crippen LogP contribution >= 0.6 is 11.6 Å². The number of carboxylic acids is 1. The van der Waals surface area contributed by atoms with Crippen LogP contribution in [0.1, 0.15) is 24.9 Å². The zero-order chi connectivity index (χ0) is 26.5. The van der Waals surface area contributed by atoms with Gasteiger partial charge in [0.15, 0.2) is 5.82 Å². The van der Waals surface area contributed by atoms with Crippen molar-refractivity contribution in [1.82, 2.24) is 19.1 Å². The van der Waals surface area contributed by atoms with Gasteiger partial charge in [0.25, 0.3) is 5.88 Å². The van der Waals surface area contributed by atoms with Crippen molar-refractivity contribution in [2.24, 2.45) is 4.99 Å². The SMILES string of the molecule is C[C@H](CC(=O)O)n1c(=O)[nH]/c(=N\c2ccc(Oc3ncccc3F)cc2)n(Cc2ccc(Cl)cc2)c1=O. The maximum atomic E-state index is 13.8. The van der Waals surface area contributed by atoms with Crippen molar-refractivity contribution in [3.8, 4) is 11.6 Å². The Balaban J connectivity index is 1.76. The summed E-state index contributed by atoms with van der Waals surface area (Å²) in [7, 11) is 0. The van der Waals surface area contributed by atoms with E-state index in [0.717, 1.165) is 4.57 Å². The molecule has 0 unspecified atom stereocenters. The Kier molecular flexibility index (Phi) is 7.63. The Hall–Kier alpha value is -4.51. The van der Waals surface area contributed by atoms with Crippen LogP contribution in [0.25, 0.3) is 0 Å². The van der Waals surface area contributed by atoms with Gasteiger partial charge in [0.1, 0.15) is 5.75 Å². The molecule has 12 heteroatoms. The number of halogens is 2. The van der Waals surface area contributed by atoms with Crippen LogP contribution in [-0.4, -0.2) is 30.2 Å². The van der Waals surface area contributed by atoms with Crippen molar-refractivity contribution < 1.29 is 19.0 Å². The molecule has 0 radical (unpaired) electrons. The van der Waals surface area contributed by atoms with Crippen LogP contribution in [-0.2, 0) is 11.3 Å². The Bertz CT molecular complexity index is 1610. The molecule has 0 amide bonds. The number of ether oxygens (including phenoxy) is 1. The fourth-order valence-corrected chi connectivity index (χ4v) is 3.66. The lowest BCUT2D eigenvalue weighted by molar-refractivity contribution is -0.137. The number of rotatable bonds is 8. The predicted octanol–water partition coefficient (Wildman–Crippen LogP) is 3.63. The molecule has 4 rings (SSSR count). The minimum atomic E-state index is -1.15. The third kappa shape index (κ3) is 6.19. The van der Waals surface area contributed by atoms with Gasteiger partial charge in [0.2, 0.25) is 5.62 Å². The zero-order valence-corrected chi connectivity index (χ0v) is 20.2. The van der Waals surface area contributed by atoms with Crippen LogP contribution in [0.5, 0.6) is 11.6 Å². The number of nitrogens with one attached hydrogen (secondary N) is 1. The van der Waals surface area contributed by atoms with Gasteiger partial charge in [-0.2, -0.15) is 0 Å². The van der Waals surface area contributed by atoms with E-state index >= 15 is 0 Å². The summed E-state index contributed by atoms with van der Waals surface area (Å²) in [6, 6.07) is 14.7. The van der Waals surface area contributed by atoms with Crippen LogP contribution in [0.2, 0.25) is 5.02 Å². The van der Waals surface area contributed by atoms with Gasteiger partial charge in [-0.05, 0) is 61.0 Å². The number of carbonyl (C=O) groups is 1. The first-order chi connectivity index (χ1) is 17.7. The minimum absolute atomic E-state index is 0.0333. The molecule has 4 aromatic rings. The Morgan fingerprint density at radius 2 is 1.86 bits per heavy atom. The molecule has 0 saturated heterocycles. The van der Waals surface area contributed by atoms with E-state index in [-0.39, 0.29) is 18.0 Å². The van der Waals surface area contributed by atoms with Crippen LogP contribution in [0, 0.1) is 5.82 Å². The summed E-state index contributed by atoms with van der Waals surface area (Å²) in [5.41, 5.74) is -0.501. The molecule has 37 heavy (non-hydrogen) atoms. The van der Waals surface area contributed by atoms with Gasteiger partial charge in [-0.1, -0.05) is 23.7 Å². The van der Waals surface area contributed by atoms with Crippen molar-refractivity contribution in [2.75, 3.05) is 0 Å². The average Bonchev–Trinajstić information content (AvgIpc) is 2.85. The second-order valence-corrected chi connectivity index (χ2v) is 8.50. The first kappa shape index (κ1) is 25.6. The van der Waals surface area contributed by atoms with E-state index in [1.165, 1.54) is 42.0 Å². The summed E-state index contributed by atoms with van der Waals surface area (Å²) >= 11 is 5.96. The van der Waals surface area contributed by atoms with Crippen molar-refractivity contribution in [3.63, 3.8) is 0 Å². The summed E-state index contributed by atoms with van der Waals surface area (Å²) in [5, 5.41) is 9.65. The van der Waals surface area contributed by atoms with E-state index in [4.69, 9.17) is 21.4 Å². The number of benzene rings is 2. The number of pyridine rings is 1. The number of H-pyrrole nitrogens is 1. The van der Waals surface area contributed by atoms with Gasteiger partial charge < -0.3 is 9.84 Å². The molecule has 0 saturated carbocycles. The standard InChI is InChI=1S/C25H21ClFN5O5/c1-15(13-21(33)34)32-24(35)30-23(31(25(32)36)14-16-4-6-17(26)7-5-16)29-18-8-10-19(11-9-18)37-22-20(27)3-2-12-28-22/h2-12,15H,13-14H2,1H3,(H,33,34)(H,29,30,35)/t15-/m1/s1. The molecule has 2 heterocycles. The Morgan fingerprint density at radius 3 is 2.51 bits per heavy atom. The molecule has 0 fully saturated rings. The third-order valence-corrected chi connectivity index (χ3v) is 5.56. The number of aromatic amines is 1. The van der Waals surface area contributed by atoms with E-state index in [1.807, 2.05) is 0 Å². The summed E-state index contributed by atoms with van der Waals surface area (Å²) < 4.78 is 21.3. The lowest BCUT2D eigenvalue weighted by atomic mass is 10.2. The number of nitrogens with zero attached hydrogens (tertiary/aromatic N) is 4. The summed E-state index contributed by atoms with van der Waals surface area (Å²) in [6.07, 6.45) is 0.982. The molecule has 0 bridgehead atoms. The summed E-state index contributed by atoms with van der Waals surface area (Å²) in [6.45, 7) is 1.50. The lowest BCUT2D eigenvalue weighted by Gasteiger charge is -2.15. The minimum Gasteiger partial charge on any atom is -0.481 e. The number of hydrogen-bond acceptors (Lipinski definition) is 6. The van der Waals surface area contributed by atoms with E-state index in [1.54, 1.807) is 36.4 Å². The molecule has 0 aliphatic rings. The van der Waals surface area contributed by atoms with Crippen LogP contribution in [0.3, 0.4) is 0 Å². The average molecular weight is 526 g/mol. The van der Waals surface area contributed by atoms with E-state index in [2.05, 4.69) is 15.0 Å². The number of carboxylic acid groups (broad SMARTS) is 1. The van der Waals surface area contributed by atoms with E-state index < -0.39 is 35.6 Å². The summed E-state index contributed by atoms with van der Waals surface area (Å²) in [4.78, 5) is 48.1. The van der Waals surface area contributed by atoms with Gasteiger partial charge in [0.05, 0.1) is 24.7 Å². The highest BCUT2D eigenvalue weighted by Crippen LogP contribution is 2.24. The van der Waals surface area contributed by atoms with E-state index in [9.17, 15) is 18.8 Å². The number of aromatic nitrogens is 4. The molecule has 1 atom stereocenters. The third-order valence-electron chi connectivity index (χ3n) is 5.31. The fourth-order valence-electron chi connectivity index (χ4n) is 3.54. The molecule has 2 N–H and O–H groups in total. The highest BCUT2D eigenvalue weighted by atomic mass is 35.5. The Morgan fingerprint density at radius 1 is 1.16 bits per heavy atom. The maximum absolute atomic E-state index is 13.8. The molecule has 0 spiro atoms. The molecule has 0 aliphatic heterocycles. The van der Waals surface area contributed by atoms with Crippen molar-refractivity contribution in [3.05, 3.63) is 110 Å². The molecule has 2 aromatic heterocycles. The monoisotopic (exact) mass is 525 g/mol. The van der Waals surface area contributed by atoms with Gasteiger partial charge in [-0.25, -0.2) is 28.5 Å². The predicted molar refractivity (Wildman–Crippen MR) is 133 cm³/mol. The largest absolute Gasteiger partial charge is 0.481 e. The van der Waals surface area contributed by atoms with Gasteiger partial charge in [-0.3, -0.25) is 14.3 Å². The number of aliphatic carboxylic acids is 1. The smallest absolute Gasteiger partial charge is 0.335 e. The highest BCUT2D eigenvalue weighted by Gasteiger charge is 2.17. The van der Waals surface area contributed by atoms with Crippen LogP contribution in [0.15, 0.2) is 81.4 Å². The van der Waals surface area contributed by atoms with E-state index in [0.29, 0.717) is 22.0 Å². The molecular formula is C25H21ClFN5O5. The van der Waals surface area contributed by atoms with Crippen molar-refractivity contribution in [1.29, 1.82) is 0 Å². The summed E-state index contributed by atoms with van der Waals surface area (Å²) in [5.74, 6) is -1.65. The van der Waals surface area contributed by atoms with Crippen molar-refractivity contribution >= 4 is 23.3 Å². The molecule has 10 nitrogen and oxygen atoms in total. The molecule has 190 valence electrons. The molecular weight excluding hydrogens is 505 g/mol. The van der Waals surface area contributed by atoms with Crippen LogP contribution < -0.4 is 21.7 Å². The molecule has 2 aromatic carbocycles. The fraction of sp³-hybridized carbons (Fsp3) is 0.160. The van der Waals surface area contributed by atoms with Gasteiger partial charge >= 0.3 is 17.3 Å². The highest BCUT2D eigenvalue weighted by molar-refractivity contribution is 6.30. The number of hydrogen-bond donors (Lipinski definition) is 2. The van der Waals surface area contributed by atoms with Crippen LogP contribution in [0.4, 0.5) is 10.1 Å². The zero-order valence-electron chi connectivity index (χ0n) is 19.5. The lowest BCUT2D eigenvalue weighted by Crippen LogP contribution is -2.51. The maximum Gasteiger partial charge on any atom is 0.335 e. The topological polar surface area (TPSA) is 132 Å².